The molecular formula is C25H29N5O3S. The number of nitriles is 1. The van der Waals surface area contributed by atoms with E-state index < -0.39 is 5.91 Å². The number of benzene rings is 1. The highest BCUT2D eigenvalue weighted by Gasteiger charge is 2.14. The van der Waals surface area contributed by atoms with Crippen molar-refractivity contribution in [1.82, 2.24) is 14.8 Å². The Hall–Kier alpha value is -3.37. The van der Waals surface area contributed by atoms with Crippen LogP contribution in [0.3, 0.4) is 0 Å². The van der Waals surface area contributed by atoms with Gasteiger partial charge >= 0.3 is 0 Å². The number of hydrogen-bond donors (Lipinski definition) is 2. The van der Waals surface area contributed by atoms with Gasteiger partial charge in [-0.15, -0.1) is 17.8 Å². The second-order valence-corrected chi connectivity index (χ2v) is 8.77. The SMILES string of the molecule is C#CCNC(=O)/C(C#N)=c1\s/c(=C/Nc2cccc(CCCN3CCOCC3)c2)c(=O)n1CC. The third-order valence-electron chi connectivity index (χ3n) is 5.47. The van der Waals surface area contributed by atoms with Gasteiger partial charge in [-0.25, -0.2) is 0 Å². The number of amides is 1. The molecular weight excluding hydrogens is 450 g/mol. The summed E-state index contributed by atoms with van der Waals surface area (Å²) in [5.74, 6) is 1.71. The van der Waals surface area contributed by atoms with E-state index in [1.54, 1.807) is 13.1 Å². The molecule has 1 aromatic heterocycles. The molecule has 1 saturated heterocycles. The van der Waals surface area contributed by atoms with E-state index in [2.05, 4.69) is 33.6 Å². The number of aryl methyl sites for hydroxylation is 1. The molecule has 1 aliphatic heterocycles. The third kappa shape index (κ3) is 6.58. The van der Waals surface area contributed by atoms with Gasteiger partial charge in [0.05, 0.1) is 19.8 Å². The predicted molar refractivity (Wildman–Crippen MR) is 134 cm³/mol. The number of anilines is 1. The van der Waals surface area contributed by atoms with E-state index in [0.717, 1.165) is 62.7 Å². The first-order valence-electron chi connectivity index (χ1n) is 11.3. The third-order valence-corrected chi connectivity index (χ3v) is 6.60. The average Bonchev–Trinajstić information content (AvgIpc) is 3.17. The van der Waals surface area contributed by atoms with Gasteiger partial charge in [-0.1, -0.05) is 18.1 Å². The molecule has 3 rings (SSSR count). The summed E-state index contributed by atoms with van der Waals surface area (Å²) in [7, 11) is 0. The molecule has 1 fully saturated rings. The van der Waals surface area contributed by atoms with E-state index in [4.69, 9.17) is 11.2 Å². The standard InChI is InChI=1S/C25H29N5O3S/c1-3-10-27-23(31)21(17-26)25-30(4-2)24(32)22(34-25)18-28-20-9-5-7-19(16-20)8-6-11-29-12-14-33-15-13-29/h1,5,7,9,16,18,28H,4,6,8,10-15H2,2H3,(H,27,31)/b22-18+,25-21-. The summed E-state index contributed by atoms with van der Waals surface area (Å²) in [4.78, 5) is 27.6. The van der Waals surface area contributed by atoms with Crippen LogP contribution < -0.4 is 25.4 Å². The fraction of sp³-hybridized carbons (Fsp3) is 0.400. The van der Waals surface area contributed by atoms with E-state index in [1.165, 1.54) is 10.1 Å². The van der Waals surface area contributed by atoms with Gasteiger partial charge in [0.15, 0.2) is 5.57 Å². The number of thiazole rings is 1. The molecule has 0 unspecified atom stereocenters. The summed E-state index contributed by atoms with van der Waals surface area (Å²) in [6.07, 6.45) is 8.84. The van der Waals surface area contributed by atoms with Crippen LogP contribution in [0.15, 0.2) is 29.1 Å². The normalized spacial score (nSPS) is 15.3. The smallest absolute Gasteiger partial charge is 0.270 e. The first-order chi connectivity index (χ1) is 16.6. The molecule has 0 spiro atoms. The van der Waals surface area contributed by atoms with Crippen LogP contribution >= 0.6 is 11.3 Å². The van der Waals surface area contributed by atoms with Gasteiger partial charge in [0, 0.05) is 31.5 Å². The van der Waals surface area contributed by atoms with Crippen LogP contribution in [0.25, 0.3) is 11.8 Å². The van der Waals surface area contributed by atoms with Crippen molar-refractivity contribution >= 4 is 34.7 Å². The van der Waals surface area contributed by atoms with Gasteiger partial charge in [0.25, 0.3) is 11.5 Å². The molecule has 2 N–H and O–H groups in total. The minimum Gasteiger partial charge on any atom is -0.379 e. The topological polar surface area (TPSA) is 99.4 Å². The number of ether oxygens (including phenoxy) is 1. The lowest BCUT2D eigenvalue weighted by atomic mass is 10.1. The van der Waals surface area contributed by atoms with Crippen molar-refractivity contribution in [2.45, 2.75) is 26.3 Å². The minimum atomic E-state index is -0.590. The number of rotatable bonds is 9. The zero-order valence-electron chi connectivity index (χ0n) is 19.3. The molecule has 34 heavy (non-hydrogen) atoms. The highest BCUT2D eigenvalue weighted by Crippen LogP contribution is 2.13. The van der Waals surface area contributed by atoms with Crippen LogP contribution in [0, 0.1) is 23.7 Å². The molecule has 0 atom stereocenters. The van der Waals surface area contributed by atoms with Crippen molar-refractivity contribution in [3.63, 3.8) is 0 Å². The number of hydrogen-bond acceptors (Lipinski definition) is 7. The summed E-state index contributed by atoms with van der Waals surface area (Å²) < 4.78 is 7.54. The first kappa shape index (κ1) is 25.3. The second-order valence-electron chi connectivity index (χ2n) is 7.74. The van der Waals surface area contributed by atoms with Gasteiger partial charge < -0.3 is 15.4 Å². The summed E-state index contributed by atoms with van der Waals surface area (Å²) in [6.45, 7) is 6.79. The highest BCUT2D eigenvalue weighted by molar-refractivity contribution is 7.07. The summed E-state index contributed by atoms with van der Waals surface area (Å²) in [5, 5.41) is 15.2. The fourth-order valence-electron chi connectivity index (χ4n) is 3.71. The van der Waals surface area contributed by atoms with Gasteiger partial charge in [-0.05, 0) is 44.0 Å². The lowest BCUT2D eigenvalue weighted by molar-refractivity contribution is -0.115. The zero-order valence-corrected chi connectivity index (χ0v) is 20.1. The molecule has 2 heterocycles. The summed E-state index contributed by atoms with van der Waals surface area (Å²) in [6, 6.07) is 10.0. The van der Waals surface area contributed by atoms with E-state index in [-0.39, 0.29) is 17.7 Å². The molecule has 1 amide bonds. The Labute approximate surface area is 203 Å². The van der Waals surface area contributed by atoms with E-state index in [0.29, 0.717) is 15.7 Å². The second kappa shape index (κ2) is 12.8. The van der Waals surface area contributed by atoms with Gasteiger partial charge in [0.1, 0.15) is 15.3 Å². The monoisotopic (exact) mass is 479 g/mol. The Kier molecular flexibility index (Phi) is 9.48. The molecule has 1 aromatic carbocycles. The molecule has 1 aliphatic rings. The van der Waals surface area contributed by atoms with Gasteiger partial charge in [-0.3, -0.25) is 19.1 Å². The highest BCUT2D eigenvalue weighted by atomic mass is 32.1. The van der Waals surface area contributed by atoms with Crippen LogP contribution in [0.2, 0.25) is 0 Å². The van der Waals surface area contributed by atoms with E-state index >= 15 is 0 Å². The maximum Gasteiger partial charge on any atom is 0.270 e. The molecule has 0 aliphatic carbocycles. The number of terminal acetylenes is 1. The van der Waals surface area contributed by atoms with E-state index in [9.17, 15) is 14.9 Å². The number of nitrogens with zero attached hydrogens (tertiary/aromatic N) is 3. The molecule has 0 radical (unpaired) electrons. The largest absolute Gasteiger partial charge is 0.379 e. The number of aromatic nitrogens is 1. The van der Waals surface area contributed by atoms with Gasteiger partial charge in [-0.2, -0.15) is 5.26 Å². The lowest BCUT2D eigenvalue weighted by Crippen LogP contribution is -2.36. The Morgan fingerprint density at radius 1 is 1.35 bits per heavy atom. The van der Waals surface area contributed by atoms with Crippen molar-refractivity contribution in [2.24, 2.45) is 0 Å². The van der Waals surface area contributed by atoms with Crippen molar-refractivity contribution < 1.29 is 9.53 Å². The Bertz CT molecular complexity index is 1260. The average molecular weight is 480 g/mol. The minimum absolute atomic E-state index is 0.00900. The molecule has 2 aromatic rings. The molecule has 0 saturated carbocycles. The van der Waals surface area contributed by atoms with Crippen LogP contribution in [-0.4, -0.2) is 54.8 Å². The number of carbonyl (C=O) groups excluding carboxylic acids is 1. The van der Waals surface area contributed by atoms with Crippen LogP contribution in [0.5, 0.6) is 0 Å². The summed E-state index contributed by atoms with van der Waals surface area (Å²) >= 11 is 1.10. The lowest BCUT2D eigenvalue weighted by Gasteiger charge is -2.26. The number of nitrogens with one attached hydrogen (secondary N) is 2. The predicted octanol–water partition coefficient (Wildman–Crippen LogP) is 0.468. The van der Waals surface area contributed by atoms with Crippen LogP contribution in [0.4, 0.5) is 5.69 Å². The Morgan fingerprint density at radius 3 is 2.85 bits per heavy atom. The Morgan fingerprint density at radius 2 is 2.15 bits per heavy atom. The maximum atomic E-state index is 12.9. The molecule has 8 nitrogen and oxygen atoms in total. The van der Waals surface area contributed by atoms with Crippen molar-refractivity contribution in [3.05, 3.63) is 49.4 Å². The van der Waals surface area contributed by atoms with E-state index in [1.807, 2.05) is 18.2 Å². The first-order valence-corrected chi connectivity index (χ1v) is 12.1. The Balaban J connectivity index is 1.76. The van der Waals surface area contributed by atoms with Crippen molar-refractivity contribution in [2.75, 3.05) is 44.7 Å². The molecule has 9 heteroatoms. The van der Waals surface area contributed by atoms with Crippen molar-refractivity contribution in [3.8, 4) is 18.4 Å². The summed E-state index contributed by atoms with van der Waals surface area (Å²) in [5.41, 5.74) is 1.71. The number of morpholine rings is 1. The molecule has 0 bridgehead atoms. The maximum absolute atomic E-state index is 12.9. The van der Waals surface area contributed by atoms with Gasteiger partial charge in [0.2, 0.25) is 0 Å². The molecule has 178 valence electrons. The quantitative estimate of drug-likeness (QED) is 0.508. The fourth-order valence-corrected chi connectivity index (χ4v) is 4.79. The van der Waals surface area contributed by atoms with Crippen molar-refractivity contribution in [1.29, 1.82) is 5.26 Å². The number of carbonyl (C=O) groups is 1. The van der Waals surface area contributed by atoms with Crippen LogP contribution in [0.1, 0.15) is 18.9 Å². The zero-order chi connectivity index (χ0) is 24.3. The van der Waals surface area contributed by atoms with Crippen LogP contribution in [-0.2, 0) is 22.5 Å².